The lowest BCUT2D eigenvalue weighted by molar-refractivity contribution is 0.0593. The van der Waals surface area contributed by atoms with Crippen LogP contribution in [0.25, 0.3) is 5.52 Å². The van der Waals surface area contributed by atoms with Gasteiger partial charge in [0, 0.05) is 29.3 Å². The summed E-state index contributed by atoms with van der Waals surface area (Å²) < 4.78 is 6.56. The lowest BCUT2D eigenvalue weighted by atomic mass is 9.87. The Morgan fingerprint density at radius 2 is 2.00 bits per heavy atom. The van der Waals surface area contributed by atoms with E-state index >= 15 is 0 Å². The molecule has 3 aromatic heterocycles. The molecule has 0 N–H and O–H groups in total. The van der Waals surface area contributed by atoms with Crippen molar-refractivity contribution in [1.82, 2.24) is 14.6 Å². The molecule has 5 nitrogen and oxygen atoms in total. The summed E-state index contributed by atoms with van der Waals surface area (Å²) in [6.45, 7) is 6.37. The predicted molar refractivity (Wildman–Crippen MR) is 97.3 cm³/mol. The van der Waals surface area contributed by atoms with Crippen molar-refractivity contribution in [3.63, 3.8) is 0 Å². The van der Waals surface area contributed by atoms with Gasteiger partial charge in [0.2, 0.25) is 0 Å². The molecule has 0 saturated heterocycles. The minimum absolute atomic E-state index is 0.131. The van der Waals surface area contributed by atoms with Crippen LogP contribution in [-0.2, 0) is 16.6 Å². The van der Waals surface area contributed by atoms with Crippen LogP contribution in [0.1, 0.15) is 48.2 Å². The number of rotatable bonds is 3. The second kappa shape index (κ2) is 6.48. The molecule has 3 aromatic rings. The Bertz CT molecular complexity index is 941. The first-order chi connectivity index (χ1) is 11.8. The third-order valence-corrected chi connectivity index (χ3v) is 4.19. The van der Waals surface area contributed by atoms with E-state index in [1.54, 1.807) is 12.3 Å². The maximum atomic E-state index is 11.7. The second-order valence-electron chi connectivity index (χ2n) is 6.94. The minimum atomic E-state index is -0.440. The van der Waals surface area contributed by atoms with E-state index in [0.717, 1.165) is 22.5 Å². The van der Waals surface area contributed by atoms with Crippen molar-refractivity contribution < 1.29 is 9.53 Å². The summed E-state index contributed by atoms with van der Waals surface area (Å²) in [6, 6.07) is 9.18. The van der Waals surface area contributed by atoms with E-state index in [2.05, 4.69) is 25.8 Å². The fourth-order valence-corrected chi connectivity index (χ4v) is 2.99. The third-order valence-electron chi connectivity index (χ3n) is 3.97. The summed E-state index contributed by atoms with van der Waals surface area (Å²) in [5.41, 5.74) is 4.02. The van der Waals surface area contributed by atoms with Gasteiger partial charge in [-0.2, -0.15) is 5.10 Å². The Balaban J connectivity index is 2.10. The lowest BCUT2D eigenvalue weighted by Crippen LogP contribution is -2.15. The normalized spacial score (nSPS) is 11.7. The van der Waals surface area contributed by atoms with Gasteiger partial charge in [-0.3, -0.25) is 0 Å². The van der Waals surface area contributed by atoms with Gasteiger partial charge in [-0.15, -0.1) is 0 Å². The number of aromatic nitrogens is 3. The lowest BCUT2D eigenvalue weighted by Gasteiger charge is -2.17. The maximum Gasteiger partial charge on any atom is 0.356 e. The highest BCUT2D eigenvalue weighted by molar-refractivity contribution is 6.30. The number of hydrogen-bond acceptors (Lipinski definition) is 4. The first kappa shape index (κ1) is 17.4. The predicted octanol–water partition coefficient (Wildman–Crippen LogP) is 4.06. The van der Waals surface area contributed by atoms with Crippen LogP contribution < -0.4 is 0 Å². The van der Waals surface area contributed by atoms with Crippen LogP contribution in [0.15, 0.2) is 36.5 Å². The second-order valence-corrected chi connectivity index (χ2v) is 7.37. The van der Waals surface area contributed by atoms with E-state index in [-0.39, 0.29) is 5.41 Å². The van der Waals surface area contributed by atoms with Crippen molar-refractivity contribution in [3.8, 4) is 0 Å². The van der Waals surface area contributed by atoms with Gasteiger partial charge in [-0.05, 0) is 24.3 Å². The number of pyridine rings is 2. The SMILES string of the molecule is COC(=O)c1cccc(Cc2c(C(C)(C)C)nn3cc(Cl)ccc23)n1. The van der Waals surface area contributed by atoms with Crippen LogP contribution in [0.3, 0.4) is 0 Å². The Hall–Kier alpha value is -2.40. The van der Waals surface area contributed by atoms with Gasteiger partial charge in [0.1, 0.15) is 5.69 Å². The summed E-state index contributed by atoms with van der Waals surface area (Å²) in [4.78, 5) is 16.2. The molecule has 0 aromatic carbocycles. The van der Waals surface area contributed by atoms with Crippen LogP contribution in [-0.4, -0.2) is 27.7 Å². The average molecular weight is 358 g/mol. The van der Waals surface area contributed by atoms with E-state index in [1.807, 2.05) is 28.8 Å². The van der Waals surface area contributed by atoms with Crippen molar-refractivity contribution in [2.75, 3.05) is 7.11 Å². The molecule has 0 aliphatic carbocycles. The summed E-state index contributed by atoms with van der Waals surface area (Å²) in [5.74, 6) is -0.440. The molecular formula is C19H20ClN3O2. The van der Waals surface area contributed by atoms with E-state index in [9.17, 15) is 4.79 Å². The number of ether oxygens (including phenoxy) is 1. The molecule has 130 valence electrons. The summed E-state index contributed by atoms with van der Waals surface area (Å²) in [7, 11) is 1.35. The number of carbonyl (C=O) groups is 1. The molecule has 0 atom stereocenters. The van der Waals surface area contributed by atoms with Gasteiger partial charge in [0.25, 0.3) is 0 Å². The molecule has 0 fully saturated rings. The molecule has 3 heterocycles. The van der Waals surface area contributed by atoms with E-state index in [4.69, 9.17) is 21.4 Å². The average Bonchev–Trinajstić information content (AvgIpc) is 2.92. The van der Waals surface area contributed by atoms with Gasteiger partial charge in [-0.25, -0.2) is 14.3 Å². The molecule has 0 spiro atoms. The zero-order valence-corrected chi connectivity index (χ0v) is 15.5. The van der Waals surface area contributed by atoms with Gasteiger partial charge < -0.3 is 4.74 Å². The standard InChI is InChI=1S/C19H20ClN3O2/c1-19(2,3)17-14(16-9-8-12(20)11-23(16)22-17)10-13-6-5-7-15(21-13)18(24)25-4/h5-9,11H,10H2,1-4H3. The number of hydrogen-bond donors (Lipinski definition) is 0. The van der Waals surface area contributed by atoms with Crippen molar-refractivity contribution in [1.29, 1.82) is 0 Å². The Kier molecular flexibility index (Phi) is 4.52. The topological polar surface area (TPSA) is 56.5 Å². The van der Waals surface area contributed by atoms with Crippen LogP contribution in [0.4, 0.5) is 0 Å². The van der Waals surface area contributed by atoms with E-state index < -0.39 is 5.97 Å². The molecule has 0 unspecified atom stereocenters. The molecule has 0 bridgehead atoms. The number of fused-ring (bicyclic) bond motifs is 1. The molecular weight excluding hydrogens is 338 g/mol. The molecule has 0 aliphatic heterocycles. The largest absolute Gasteiger partial charge is 0.464 e. The van der Waals surface area contributed by atoms with Crippen LogP contribution in [0.2, 0.25) is 5.02 Å². The van der Waals surface area contributed by atoms with Gasteiger partial charge >= 0.3 is 5.97 Å². The number of nitrogens with zero attached hydrogens (tertiary/aromatic N) is 3. The Labute approximate surface area is 151 Å². The van der Waals surface area contributed by atoms with E-state index in [0.29, 0.717) is 17.1 Å². The van der Waals surface area contributed by atoms with Crippen molar-refractivity contribution in [3.05, 3.63) is 64.2 Å². The van der Waals surface area contributed by atoms with Crippen LogP contribution >= 0.6 is 11.6 Å². The zero-order valence-electron chi connectivity index (χ0n) is 14.7. The molecule has 0 amide bonds. The highest BCUT2D eigenvalue weighted by atomic mass is 35.5. The summed E-state index contributed by atoms with van der Waals surface area (Å²) in [5, 5.41) is 5.36. The molecule has 6 heteroatoms. The highest BCUT2D eigenvalue weighted by Crippen LogP contribution is 2.30. The first-order valence-electron chi connectivity index (χ1n) is 8.01. The smallest absolute Gasteiger partial charge is 0.356 e. The van der Waals surface area contributed by atoms with E-state index in [1.165, 1.54) is 7.11 Å². The fraction of sp³-hybridized carbons (Fsp3) is 0.316. The van der Waals surface area contributed by atoms with Crippen molar-refractivity contribution in [2.24, 2.45) is 0 Å². The third kappa shape index (κ3) is 3.51. The van der Waals surface area contributed by atoms with Gasteiger partial charge in [0.05, 0.1) is 23.3 Å². The Morgan fingerprint density at radius 1 is 1.24 bits per heavy atom. The molecule has 0 radical (unpaired) electrons. The van der Waals surface area contributed by atoms with Crippen LogP contribution in [0, 0.1) is 0 Å². The molecule has 0 saturated carbocycles. The fourth-order valence-electron chi connectivity index (χ4n) is 2.83. The zero-order chi connectivity index (χ0) is 18.2. The molecule has 0 aliphatic rings. The van der Waals surface area contributed by atoms with Crippen molar-refractivity contribution in [2.45, 2.75) is 32.6 Å². The number of halogens is 1. The van der Waals surface area contributed by atoms with Gasteiger partial charge in [0.15, 0.2) is 0 Å². The minimum Gasteiger partial charge on any atom is -0.464 e. The molecule has 3 rings (SSSR count). The number of carbonyl (C=O) groups excluding carboxylic acids is 1. The van der Waals surface area contributed by atoms with Crippen molar-refractivity contribution >= 4 is 23.1 Å². The quantitative estimate of drug-likeness (QED) is 0.663. The summed E-state index contributed by atoms with van der Waals surface area (Å²) in [6.07, 6.45) is 2.37. The Morgan fingerprint density at radius 3 is 2.68 bits per heavy atom. The summed E-state index contributed by atoms with van der Waals surface area (Å²) >= 11 is 6.10. The monoisotopic (exact) mass is 357 g/mol. The number of esters is 1. The first-order valence-corrected chi connectivity index (χ1v) is 8.39. The number of methoxy groups -OCH3 is 1. The highest BCUT2D eigenvalue weighted by Gasteiger charge is 2.24. The molecule has 25 heavy (non-hydrogen) atoms. The van der Waals surface area contributed by atoms with Gasteiger partial charge in [-0.1, -0.05) is 38.4 Å². The van der Waals surface area contributed by atoms with Crippen LogP contribution in [0.5, 0.6) is 0 Å². The maximum absolute atomic E-state index is 11.7.